The van der Waals surface area contributed by atoms with Crippen molar-refractivity contribution in [2.45, 2.75) is 25.9 Å². The summed E-state index contributed by atoms with van der Waals surface area (Å²) in [7, 11) is 0. The first-order valence-electron chi connectivity index (χ1n) is 9.09. The molecule has 7 heteroatoms. The zero-order chi connectivity index (χ0) is 20.4. The molecule has 150 valence electrons. The third kappa shape index (κ3) is 7.28. The third-order valence-corrected chi connectivity index (χ3v) is 3.98. The molecule has 3 N–H and O–H groups in total. The van der Waals surface area contributed by atoms with Gasteiger partial charge in [-0.15, -0.1) is 0 Å². The molecule has 1 amide bonds. The van der Waals surface area contributed by atoms with Crippen LogP contribution >= 0.6 is 0 Å². The van der Waals surface area contributed by atoms with Crippen LogP contribution in [0.5, 0.6) is 11.5 Å². The van der Waals surface area contributed by atoms with Gasteiger partial charge in [0.15, 0.2) is 12.7 Å². The van der Waals surface area contributed by atoms with E-state index >= 15 is 0 Å². The summed E-state index contributed by atoms with van der Waals surface area (Å²) in [6.07, 6.45) is -0.714. The Labute approximate surface area is 163 Å². The molecule has 0 fully saturated rings. The lowest BCUT2D eigenvalue weighted by atomic mass is 10.1. The van der Waals surface area contributed by atoms with Crippen molar-refractivity contribution < 1.29 is 29.3 Å². The Hall–Kier alpha value is -3.06. The first kappa shape index (κ1) is 21.2. The highest BCUT2D eigenvalue weighted by Crippen LogP contribution is 2.14. The highest BCUT2D eigenvalue weighted by Gasteiger charge is 2.13. The van der Waals surface area contributed by atoms with Crippen LogP contribution in [-0.4, -0.2) is 48.0 Å². The minimum absolute atomic E-state index is 0.0155. The Kier molecular flexibility index (Phi) is 8.30. The number of aliphatic carboxylic acids is 1. The average Bonchev–Trinajstić information content (AvgIpc) is 2.69. The molecule has 0 saturated heterocycles. The van der Waals surface area contributed by atoms with Crippen LogP contribution in [0.3, 0.4) is 0 Å². The number of nitrogens with one attached hydrogen (secondary N) is 1. The second kappa shape index (κ2) is 10.9. The van der Waals surface area contributed by atoms with Gasteiger partial charge < -0.3 is 25.0 Å². The molecule has 0 aliphatic rings. The maximum absolute atomic E-state index is 11.9. The molecule has 2 aromatic carbocycles. The van der Waals surface area contributed by atoms with Crippen molar-refractivity contribution >= 4 is 11.9 Å². The molecule has 0 heterocycles. The smallest absolute Gasteiger partial charge is 0.332 e. The fourth-order valence-corrected chi connectivity index (χ4v) is 2.50. The van der Waals surface area contributed by atoms with Gasteiger partial charge in [-0.2, -0.15) is 0 Å². The predicted octanol–water partition coefficient (Wildman–Crippen LogP) is 1.81. The molecule has 1 atom stereocenters. The Morgan fingerprint density at radius 1 is 0.964 bits per heavy atom. The molecule has 0 aliphatic carbocycles. The summed E-state index contributed by atoms with van der Waals surface area (Å²) in [5.74, 6) is -0.166. The highest BCUT2D eigenvalue weighted by molar-refractivity contribution is 5.77. The lowest BCUT2D eigenvalue weighted by molar-refractivity contribution is -0.146. The number of ether oxygens (including phenoxy) is 2. The minimum atomic E-state index is -1.44. The topological polar surface area (TPSA) is 105 Å². The molecule has 0 unspecified atom stereocenters. The number of carboxylic acids is 1. The normalized spacial score (nSPS) is 11.5. The molecule has 0 aromatic heterocycles. The molecule has 7 nitrogen and oxygen atoms in total. The van der Waals surface area contributed by atoms with Gasteiger partial charge in [0.25, 0.3) is 5.91 Å². The van der Waals surface area contributed by atoms with E-state index < -0.39 is 12.1 Å². The largest absolute Gasteiger partial charge is 0.494 e. The van der Waals surface area contributed by atoms with E-state index in [1.54, 1.807) is 24.3 Å². The van der Waals surface area contributed by atoms with Crippen LogP contribution in [0.15, 0.2) is 48.5 Å². The van der Waals surface area contributed by atoms with Crippen molar-refractivity contribution in [1.82, 2.24) is 5.32 Å². The molecule has 28 heavy (non-hydrogen) atoms. The van der Waals surface area contributed by atoms with Gasteiger partial charge in [0.05, 0.1) is 6.61 Å². The van der Waals surface area contributed by atoms with Gasteiger partial charge in [-0.3, -0.25) is 4.79 Å². The Morgan fingerprint density at radius 2 is 1.54 bits per heavy atom. The van der Waals surface area contributed by atoms with E-state index in [9.17, 15) is 14.7 Å². The molecule has 0 radical (unpaired) electrons. The fourth-order valence-electron chi connectivity index (χ4n) is 2.50. The fraction of sp³-hybridized carbons (Fsp3) is 0.333. The standard InChI is InChI=1S/C21H25NO6/c1-2-27-17-7-3-15(4-8-17)11-12-22-20(24)14-28-18-9-5-16(6-10-18)13-19(23)21(25)26/h3-10,19,23H,2,11-14H2,1H3,(H,22,24)(H,25,26)/t19-/m1/s1. The molecular weight excluding hydrogens is 362 g/mol. The number of carbonyl (C=O) groups is 2. The Bertz CT molecular complexity index is 757. The van der Waals surface area contributed by atoms with Gasteiger partial charge in [-0.05, 0) is 48.7 Å². The molecule has 0 saturated carbocycles. The van der Waals surface area contributed by atoms with Crippen molar-refractivity contribution in [3.05, 3.63) is 59.7 Å². The van der Waals surface area contributed by atoms with E-state index in [-0.39, 0.29) is 18.9 Å². The molecule has 2 aromatic rings. The van der Waals surface area contributed by atoms with E-state index in [2.05, 4.69) is 5.32 Å². The second-order valence-electron chi connectivity index (χ2n) is 6.17. The maximum Gasteiger partial charge on any atom is 0.332 e. The quantitative estimate of drug-likeness (QED) is 0.543. The number of carbonyl (C=O) groups excluding carboxylic acids is 1. The number of benzene rings is 2. The maximum atomic E-state index is 11.9. The Morgan fingerprint density at radius 3 is 2.11 bits per heavy atom. The molecular formula is C21H25NO6. The van der Waals surface area contributed by atoms with E-state index in [4.69, 9.17) is 14.6 Å². The zero-order valence-corrected chi connectivity index (χ0v) is 15.8. The molecule has 2 rings (SSSR count). The van der Waals surface area contributed by atoms with Crippen LogP contribution in [0.4, 0.5) is 0 Å². The monoisotopic (exact) mass is 387 g/mol. The third-order valence-electron chi connectivity index (χ3n) is 3.98. The van der Waals surface area contributed by atoms with Gasteiger partial charge in [-0.25, -0.2) is 4.79 Å². The first-order valence-corrected chi connectivity index (χ1v) is 9.09. The first-order chi connectivity index (χ1) is 13.5. The SMILES string of the molecule is CCOc1ccc(CCNC(=O)COc2ccc(C[C@@H](O)C(=O)O)cc2)cc1. The van der Waals surface area contributed by atoms with Crippen LogP contribution < -0.4 is 14.8 Å². The van der Waals surface area contributed by atoms with Gasteiger partial charge >= 0.3 is 5.97 Å². The van der Waals surface area contributed by atoms with E-state index in [0.717, 1.165) is 11.3 Å². The van der Waals surface area contributed by atoms with Crippen molar-refractivity contribution in [2.24, 2.45) is 0 Å². The van der Waals surface area contributed by atoms with Crippen LogP contribution in [0.1, 0.15) is 18.1 Å². The number of carboxylic acid groups (broad SMARTS) is 1. The second-order valence-corrected chi connectivity index (χ2v) is 6.17. The summed E-state index contributed by atoms with van der Waals surface area (Å²) in [5, 5.41) is 20.8. The zero-order valence-electron chi connectivity index (χ0n) is 15.8. The summed E-state index contributed by atoms with van der Waals surface area (Å²) >= 11 is 0. The average molecular weight is 387 g/mol. The van der Waals surface area contributed by atoms with Crippen molar-refractivity contribution in [2.75, 3.05) is 19.8 Å². The van der Waals surface area contributed by atoms with Crippen molar-refractivity contribution in [1.29, 1.82) is 0 Å². The van der Waals surface area contributed by atoms with Gasteiger partial charge in [-0.1, -0.05) is 24.3 Å². The summed E-state index contributed by atoms with van der Waals surface area (Å²) in [6, 6.07) is 14.3. The van der Waals surface area contributed by atoms with Crippen LogP contribution in [0, 0.1) is 0 Å². The number of hydrogen-bond donors (Lipinski definition) is 3. The summed E-state index contributed by atoms with van der Waals surface area (Å²) in [6.45, 7) is 2.95. The minimum Gasteiger partial charge on any atom is -0.494 e. The molecule has 0 spiro atoms. The highest BCUT2D eigenvalue weighted by atomic mass is 16.5. The number of hydrogen-bond acceptors (Lipinski definition) is 5. The van der Waals surface area contributed by atoms with E-state index in [0.29, 0.717) is 30.9 Å². The van der Waals surface area contributed by atoms with Crippen LogP contribution in [0.25, 0.3) is 0 Å². The number of rotatable bonds is 11. The molecule has 0 aliphatic heterocycles. The predicted molar refractivity (Wildman–Crippen MR) is 104 cm³/mol. The van der Waals surface area contributed by atoms with Crippen LogP contribution in [-0.2, 0) is 22.4 Å². The molecule has 0 bridgehead atoms. The lowest BCUT2D eigenvalue weighted by Gasteiger charge is -2.09. The summed E-state index contributed by atoms with van der Waals surface area (Å²) in [5.41, 5.74) is 1.77. The van der Waals surface area contributed by atoms with Gasteiger partial charge in [0, 0.05) is 13.0 Å². The van der Waals surface area contributed by atoms with E-state index in [1.165, 1.54) is 0 Å². The number of aliphatic hydroxyl groups is 1. The van der Waals surface area contributed by atoms with Crippen LogP contribution in [0.2, 0.25) is 0 Å². The Balaban J connectivity index is 1.68. The van der Waals surface area contributed by atoms with Crippen molar-refractivity contribution in [3.8, 4) is 11.5 Å². The van der Waals surface area contributed by atoms with Gasteiger partial charge in [0.1, 0.15) is 11.5 Å². The number of aliphatic hydroxyl groups excluding tert-OH is 1. The van der Waals surface area contributed by atoms with E-state index in [1.807, 2.05) is 31.2 Å². The summed E-state index contributed by atoms with van der Waals surface area (Å²) in [4.78, 5) is 22.5. The van der Waals surface area contributed by atoms with Crippen molar-refractivity contribution in [3.63, 3.8) is 0 Å². The summed E-state index contributed by atoms with van der Waals surface area (Å²) < 4.78 is 10.8. The number of amides is 1. The van der Waals surface area contributed by atoms with Gasteiger partial charge in [0.2, 0.25) is 0 Å². The lowest BCUT2D eigenvalue weighted by Crippen LogP contribution is -2.30.